The van der Waals surface area contributed by atoms with Crippen LogP contribution in [0.2, 0.25) is 0 Å². The Kier molecular flexibility index (Phi) is 8.16. The lowest BCUT2D eigenvalue weighted by Crippen LogP contribution is -2.38. The van der Waals surface area contributed by atoms with Crippen LogP contribution in [0.15, 0.2) is 24.3 Å². The summed E-state index contributed by atoms with van der Waals surface area (Å²) < 4.78 is 10.0. The summed E-state index contributed by atoms with van der Waals surface area (Å²) in [4.78, 5) is 26.3. The topological polar surface area (TPSA) is 55.8 Å². The highest BCUT2D eigenvalue weighted by molar-refractivity contribution is 5.97. The second kappa shape index (κ2) is 9.87. The molecule has 0 heterocycles. The molecule has 1 unspecified atom stereocenters. The number of unbranched alkanes of at least 4 members (excludes halogenated alkanes) is 2. The molecule has 5 heteroatoms. The van der Waals surface area contributed by atoms with Gasteiger partial charge in [0, 0.05) is 13.1 Å². The molecule has 0 bridgehead atoms. The normalized spacial score (nSPS) is 11.7. The van der Waals surface area contributed by atoms with E-state index in [4.69, 9.17) is 9.47 Å². The number of nitrogens with zero attached hydrogens (tertiary/aromatic N) is 1. The zero-order chi connectivity index (χ0) is 17.2. The second-order valence-corrected chi connectivity index (χ2v) is 5.58. The number of para-hydroxylation sites is 1. The van der Waals surface area contributed by atoms with Gasteiger partial charge in [0.1, 0.15) is 5.75 Å². The molecule has 1 atom stereocenters. The van der Waals surface area contributed by atoms with E-state index in [1.54, 1.807) is 31.1 Å². The average Bonchev–Trinajstić information content (AvgIpc) is 2.59. The van der Waals surface area contributed by atoms with Crippen molar-refractivity contribution >= 4 is 11.9 Å². The molecule has 1 rings (SSSR count). The van der Waals surface area contributed by atoms with Crippen molar-refractivity contribution in [3.05, 3.63) is 29.8 Å². The van der Waals surface area contributed by atoms with Gasteiger partial charge in [0.25, 0.3) is 5.91 Å². The minimum absolute atomic E-state index is 0.116. The van der Waals surface area contributed by atoms with Crippen molar-refractivity contribution in [2.24, 2.45) is 5.92 Å². The zero-order valence-corrected chi connectivity index (χ0v) is 14.5. The van der Waals surface area contributed by atoms with Crippen LogP contribution in [-0.2, 0) is 9.53 Å². The first-order valence-electron chi connectivity index (χ1n) is 8.05. The molecular weight excluding hydrogens is 294 g/mol. The van der Waals surface area contributed by atoms with Crippen LogP contribution in [0.3, 0.4) is 0 Å². The van der Waals surface area contributed by atoms with E-state index in [0.29, 0.717) is 24.4 Å². The third kappa shape index (κ3) is 5.58. The number of carbonyl (C=O) groups excluding carboxylic acids is 2. The fraction of sp³-hybridized carbons (Fsp3) is 0.556. The number of benzene rings is 1. The van der Waals surface area contributed by atoms with Gasteiger partial charge in [-0.05, 0) is 18.6 Å². The molecule has 0 radical (unpaired) electrons. The lowest BCUT2D eigenvalue weighted by Gasteiger charge is -2.26. The smallest absolute Gasteiger partial charge is 0.310 e. The molecule has 1 amide bonds. The van der Waals surface area contributed by atoms with Gasteiger partial charge in [0.05, 0.1) is 25.7 Å². The molecular formula is C18H27NO4. The lowest BCUT2D eigenvalue weighted by molar-refractivity contribution is -0.145. The number of methoxy groups -OCH3 is 2. The van der Waals surface area contributed by atoms with Crippen molar-refractivity contribution in [1.82, 2.24) is 4.90 Å². The Hall–Kier alpha value is -2.04. The molecule has 5 nitrogen and oxygen atoms in total. The summed E-state index contributed by atoms with van der Waals surface area (Å²) >= 11 is 0. The Morgan fingerprint density at radius 2 is 1.87 bits per heavy atom. The minimum Gasteiger partial charge on any atom is -0.496 e. The molecule has 0 aliphatic rings. The number of hydrogen-bond donors (Lipinski definition) is 0. The maximum Gasteiger partial charge on any atom is 0.310 e. The predicted molar refractivity (Wildman–Crippen MR) is 89.6 cm³/mol. The van der Waals surface area contributed by atoms with Gasteiger partial charge in [-0.2, -0.15) is 0 Å². The Labute approximate surface area is 138 Å². The quantitative estimate of drug-likeness (QED) is 0.518. The third-order valence-electron chi connectivity index (χ3n) is 3.75. The first-order chi connectivity index (χ1) is 11.0. The van der Waals surface area contributed by atoms with Crippen LogP contribution in [0.4, 0.5) is 0 Å². The van der Waals surface area contributed by atoms with E-state index in [2.05, 4.69) is 6.92 Å². The predicted octanol–water partition coefficient (Wildman–Crippen LogP) is 3.14. The van der Waals surface area contributed by atoms with Gasteiger partial charge in [-0.3, -0.25) is 9.59 Å². The summed E-state index contributed by atoms with van der Waals surface area (Å²) in [6.07, 6.45) is 3.02. The van der Waals surface area contributed by atoms with Crippen molar-refractivity contribution in [3.63, 3.8) is 0 Å². The number of esters is 1. The van der Waals surface area contributed by atoms with Crippen LogP contribution >= 0.6 is 0 Å². The number of hydrogen-bond acceptors (Lipinski definition) is 4. The average molecular weight is 321 g/mol. The number of rotatable bonds is 9. The van der Waals surface area contributed by atoms with Crippen LogP contribution in [-0.4, -0.2) is 44.1 Å². The molecule has 1 aromatic rings. The Morgan fingerprint density at radius 1 is 1.17 bits per heavy atom. The van der Waals surface area contributed by atoms with E-state index in [1.165, 1.54) is 7.11 Å². The van der Waals surface area contributed by atoms with Gasteiger partial charge in [0.2, 0.25) is 0 Å². The summed E-state index contributed by atoms with van der Waals surface area (Å²) in [5.74, 6) is -0.239. The first kappa shape index (κ1) is 19.0. The van der Waals surface area contributed by atoms with Gasteiger partial charge in [-0.25, -0.2) is 0 Å². The minimum atomic E-state index is -0.361. The fourth-order valence-electron chi connectivity index (χ4n) is 2.43. The van der Waals surface area contributed by atoms with E-state index in [0.717, 1.165) is 19.3 Å². The van der Waals surface area contributed by atoms with Crippen molar-refractivity contribution in [3.8, 4) is 5.75 Å². The highest BCUT2D eigenvalue weighted by atomic mass is 16.5. The molecule has 0 fully saturated rings. The van der Waals surface area contributed by atoms with Gasteiger partial charge in [-0.15, -0.1) is 0 Å². The van der Waals surface area contributed by atoms with E-state index >= 15 is 0 Å². The maximum atomic E-state index is 12.9. The molecule has 0 spiro atoms. The Balaban J connectivity index is 2.93. The standard InChI is InChI=1S/C18H27NO4/c1-5-6-9-12-19(13-14(2)18(21)23-4)17(20)15-10-7-8-11-16(15)22-3/h7-8,10-11,14H,5-6,9,12-13H2,1-4H3. The monoisotopic (exact) mass is 321 g/mol. The summed E-state index contributed by atoms with van der Waals surface area (Å²) in [5.41, 5.74) is 0.517. The number of ether oxygens (including phenoxy) is 2. The largest absolute Gasteiger partial charge is 0.496 e. The van der Waals surface area contributed by atoms with Crippen molar-refractivity contribution in [2.45, 2.75) is 33.1 Å². The van der Waals surface area contributed by atoms with Crippen LogP contribution in [0.25, 0.3) is 0 Å². The molecule has 23 heavy (non-hydrogen) atoms. The SMILES string of the molecule is CCCCCN(CC(C)C(=O)OC)C(=O)c1ccccc1OC. The maximum absolute atomic E-state index is 12.9. The Bertz CT molecular complexity index is 515. The van der Waals surface area contributed by atoms with Gasteiger partial charge in [-0.1, -0.05) is 38.8 Å². The number of carbonyl (C=O) groups is 2. The van der Waals surface area contributed by atoms with E-state index < -0.39 is 0 Å². The van der Waals surface area contributed by atoms with E-state index in [1.807, 2.05) is 12.1 Å². The summed E-state index contributed by atoms with van der Waals surface area (Å²) in [5, 5.41) is 0. The third-order valence-corrected chi connectivity index (χ3v) is 3.75. The van der Waals surface area contributed by atoms with Crippen molar-refractivity contribution in [1.29, 1.82) is 0 Å². The fourth-order valence-corrected chi connectivity index (χ4v) is 2.43. The molecule has 0 N–H and O–H groups in total. The van der Waals surface area contributed by atoms with Crippen LogP contribution < -0.4 is 4.74 Å². The summed E-state index contributed by atoms with van der Waals surface area (Å²) in [6.45, 7) is 4.84. The Morgan fingerprint density at radius 3 is 2.48 bits per heavy atom. The summed E-state index contributed by atoms with van der Waals surface area (Å²) in [6, 6.07) is 7.15. The highest BCUT2D eigenvalue weighted by Crippen LogP contribution is 2.20. The van der Waals surface area contributed by atoms with Gasteiger partial charge >= 0.3 is 5.97 Å². The van der Waals surface area contributed by atoms with Crippen LogP contribution in [0.5, 0.6) is 5.75 Å². The first-order valence-corrected chi connectivity index (χ1v) is 8.05. The molecule has 0 saturated heterocycles. The van der Waals surface area contributed by atoms with Gasteiger partial charge < -0.3 is 14.4 Å². The highest BCUT2D eigenvalue weighted by Gasteiger charge is 2.24. The second-order valence-electron chi connectivity index (χ2n) is 5.58. The van der Waals surface area contributed by atoms with Gasteiger partial charge in [0.15, 0.2) is 0 Å². The van der Waals surface area contributed by atoms with E-state index in [-0.39, 0.29) is 17.8 Å². The molecule has 128 valence electrons. The zero-order valence-electron chi connectivity index (χ0n) is 14.5. The van der Waals surface area contributed by atoms with Crippen molar-refractivity contribution in [2.75, 3.05) is 27.3 Å². The van der Waals surface area contributed by atoms with Crippen LogP contribution in [0.1, 0.15) is 43.5 Å². The number of amides is 1. The molecule has 0 aromatic heterocycles. The molecule has 1 aromatic carbocycles. The molecule has 0 saturated carbocycles. The lowest BCUT2D eigenvalue weighted by atomic mass is 10.1. The molecule has 0 aliphatic carbocycles. The summed E-state index contributed by atoms with van der Waals surface area (Å²) in [7, 11) is 2.91. The van der Waals surface area contributed by atoms with Crippen molar-refractivity contribution < 1.29 is 19.1 Å². The van der Waals surface area contributed by atoms with Crippen LogP contribution in [0, 0.1) is 5.92 Å². The molecule has 0 aliphatic heterocycles. The van der Waals surface area contributed by atoms with E-state index in [9.17, 15) is 9.59 Å².